The smallest absolute Gasteiger partial charge is 0.306 e. The van der Waals surface area contributed by atoms with Crippen molar-refractivity contribution >= 4 is 17.9 Å². The van der Waals surface area contributed by atoms with Gasteiger partial charge in [-0.2, -0.15) is 0 Å². The molecular formula is C73H110O6. The summed E-state index contributed by atoms with van der Waals surface area (Å²) in [5.41, 5.74) is 0. The highest BCUT2D eigenvalue weighted by Crippen LogP contribution is 2.12. The van der Waals surface area contributed by atoms with Gasteiger partial charge in [-0.25, -0.2) is 0 Å². The van der Waals surface area contributed by atoms with Crippen LogP contribution in [0.3, 0.4) is 0 Å². The molecule has 0 amide bonds. The predicted octanol–water partition coefficient (Wildman–Crippen LogP) is 21.4. The van der Waals surface area contributed by atoms with E-state index in [1.54, 1.807) is 0 Å². The van der Waals surface area contributed by atoms with Crippen LogP contribution < -0.4 is 0 Å². The molecule has 0 aliphatic heterocycles. The Labute approximate surface area is 484 Å². The number of hydrogen-bond donors (Lipinski definition) is 0. The van der Waals surface area contributed by atoms with Crippen LogP contribution in [0.25, 0.3) is 0 Å². The van der Waals surface area contributed by atoms with Crippen LogP contribution in [0.15, 0.2) is 194 Å². The van der Waals surface area contributed by atoms with E-state index in [1.807, 2.05) is 0 Å². The van der Waals surface area contributed by atoms with Crippen LogP contribution in [-0.2, 0) is 28.6 Å². The number of hydrogen-bond acceptors (Lipinski definition) is 6. The van der Waals surface area contributed by atoms with E-state index in [9.17, 15) is 14.4 Å². The molecule has 6 heteroatoms. The second-order valence-electron chi connectivity index (χ2n) is 19.5. The number of carbonyl (C=O) groups excluding carboxylic acids is 3. The summed E-state index contributed by atoms with van der Waals surface area (Å²) < 4.78 is 16.8. The van der Waals surface area contributed by atoms with Crippen molar-refractivity contribution in [2.24, 2.45) is 0 Å². The van der Waals surface area contributed by atoms with E-state index in [1.165, 1.54) is 0 Å². The first-order chi connectivity index (χ1) is 39.0. The fourth-order valence-corrected chi connectivity index (χ4v) is 7.56. The van der Waals surface area contributed by atoms with Crippen LogP contribution in [0.4, 0.5) is 0 Å². The fourth-order valence-electron chi connectivity index (χ4n) is 7.56. The third-order valence-electron chi connectivity index (χ3n) is 12.1. The maximum atomic E-state index is 12.9. The second kappa shape index (κ2) is 64.8. The summed E-state index contributed by atoms with van der Waals surface area (Å²) in [4.78, 5) is 38.3. The molecule has 0 spiro atoms. The van der Waals surface area contributed by atoms with Crippen molar-refractivity contribution in [3.63, 3.8) is 0 Å². The molecule has 0 bridgehead atoms. The minimum atomic E-state index is -0.835. The standard InChI is InChI=1S/C73H110O6/c1-4-7-10-13-16-19-22-25-28-30-32-33-34-35-36-37-38-39-41-42-45-48-51-54-57-60-63-66-72(75)78-69-70(68-77-71(74)65-62-59-56-53-50-47-44-27-24-21-18-15-12-9-6-3)79-73(76)67-64-61-58-55-52-49-46-43-40-31-29-26-23-20-17-14-11-8-5-2/h7-12,16-21,25-29,32-33,35-36,38-40,42-45,49,51-52,54,70H,4-6,13-15,22-24,30-31,34,37,41,46-48,50,53,55-69H2,1-3H3/b10-7-,11-8-,12-9-,19-16-,20-17-,21-18-,28-25-,29-26-,33-32-,36-35-,39-38-,43-40-,44-27-,45-42-,52-49-,54-51-. The lowest BCUT2D eigenvalue weighted by atomic mass is 10.1. The Morgan fingerprint density at radius 2 is 0.456 bits per heavy atom. The van der Waals surface area contributed by atoms with Gasteiger partial charge < -0.3 is 14.2 Å². The third-order valence-corrected chi connectivity index (χ3v) is 12.1. The minimum Gasteiger partial charge on any atom is -0.462 e. The molecule has 0 aliphatic carbocycles. The monoisotopic (exact) mass is 1080 g/mol. The van der Waals surface area contributed by atoms with Gasteiger partial charge in [0.1, 0.15) is 13.2 Å². The molecule has 79 heavy (non-hydrogen) atoms. The molecule has 1 unspecified atom stereocenters. The molecule has 6 nitrogen and oxygen atoms in total. The Hall–Kier alpha value is -5.75. The molecule has 1 atom stereocenters. The van der Waals surface area contributed by atoms with Gasteiger partial charge in [0.15, 0.2) is 6.10 Å². The molecular weight excluding hydrogens is 973 g/mol. The first-order valence-corrected chi connectivity index (χ1v) is 30.9. The zero-order valence-electron chi connectivity index (χ0n) is 50.0. The predicted molar refractivity (Wildman–Crippen MR) is 343 cm³/mol. The number of ether oxygens (including phenoxy) is 3. The lowest BCUT2D eigenvalue weighted by Crippen LogP contribution is -2.30. The Kier molecular flexibility index (Phi) is 60.1. The van der Waals surface area contributed by atoms with E-state index < -0.39 is 6.10 Å². The topological polar surface area (TPSA) is 78.9 Å². The van der Waals surface area contributed by atoms with Crippen LogP contribution in [0, 0.1) is 0 Å². The van der Waals surface area contributed by atoms with Gasteiger partial charge in [-0.15, -0.1) is 0 Å². The molecule has 0 rings (SSSR count). The van der Waals surface area contributed by atoms with Crippen molar-refractivity contribution in [2.75, 3.05) is 13.2 Å². The van der Waals surface area contributed by atoms with Gasteiger partial charge in [0.2, 0.25) is 0 Å². The van der Waals surface area contributed by atoms with Crippen LogP contribution in [0.5, 0.6) is 0 Å². The lowest BCUT2D eigenvalue weighted by molar-refractivity contribution is -0.167. The summed E-state index contributed by atoms with van der Waals surface area (Å²) in [7, 11) is 0. The maximum Gasteiger partial charge on any atom is 0.306 e. The Morgan fingerprint density at radius 3 is 0.747 bits per heavy atom. The second-order valence-corrected chi connectivity index (χ2v) is 19.5. The van der Waals surface area contributed by atoms with Gasteiger partial charge in [-0.3, -0.25) is 14.4 Å². The Bertz CT molecular complexity index is 1920. The molecule has 438 valence electrons. The number of rotatable bonds is 53. The first kappa shape index (κ1) is 73.2. The summed E-state index contributed by atoms with van der Waals surface area (Å²) in [6.07, 6.45) is 98.6. The quantitative estimate of drug-likeness (QED) is 0.0261. The van der Waals surface area contributed by atoms with Crippen LogP contribution in [-0.4, -0.2) is 37.2 Å². The summed E-state index contributed by atoms with van der Waals surface area (Å²) in [5.74, 6) is -1.03. The van der Waals surface area contributed by atoms with Crippen molar-refractivity contribution in [3.8, 4) is 0 Å². The fraction of sp³-hybridized carbons (Fsp3) is 0.521. The SMILES string of the molecule is CC/C=C\C/C=C\C/C=C\C/C=C\C/C=C\C/C=C\C/C=C\C/C=C\CCCCC(=O)OCC(COC(=O)CCCCCCC/C=C\C/C=C\C/C=C\CC)OC(=O)CCCCC/C=C\C/C=C\C/C=C\C/C=C\C/C=C\CC. The van der Waals surface area contributed by atoms with Crippen molar-refractivity contribution in [2.45, 2.75) is 232 Å². The molecule has 0 aromatic rings. The van der Waals surface area contributed by atoms with Gasteiger partial charge in [0.05, 0.1) is 0 Å². The van der Waals surface area contributed by atoms with Gasteiger partial charge in [-0.1, -0.05) is 241 Å². The summed E-state index contributed by atoms with van der Waals surface area (Å²) >= 11 is 0. The van der Waals surface area contributed by atoms with Gasteiger partial charge in [0.25, 0.3) is 0 Å². The third kappa shape index (κ3) is 63.0. The lowest BCUT2D eigenvalue weighted by Gasteiger charge is -2.18. The molecule has 0 aliphatic rings. The van der Waals surface area contributed by atoms with Crippen molar-refractivity contribution < 1.29 is 28.6 Å². The van der Waals surface area contributed by atoms with E-state index in [0.29, 0.717) is 19.3 Å². The van der Waals surface area contributed by atoms with Gasteiger partial charge in [0, 0.05) is 19.3 Å². The van der Waals surface area contributed by atoms with E-state index >= 15 is 0 Å². The highest BCUT2D eigenvalue weighted by Gasteiger charge is 2.19. The molecule has 0 saturated heterocycles. The van der Waals surface area contributed by atoms with Crippen LogP contribution >= 0.6 is 0 Å². The van der Waals surface area contributed by atoms with E-state index in [2.05, 4.69) is 215 Å². The van der Waals surface area contributed by atoms with Gasteiger partial charge in [-0.05, 0) is 161 Å². The zero-order chi connectivity index (χ0) is 57.1. The average molecular weight is 1080 g/mol. The minimum absolute atomic E-state index is 0.125. The average Bonchev–Trinajstić information content (AvgIpc) is 3.45. The summed E-state index contributed by atoms with van der Waals surface area (Å²) in [5, 5.41) is 0. The van der Waals surface area contributed by atoms with E-state index in [0.717, 1.165) is 173 Å². The molecule has 0 aromatic heterocycles. The number of carbonyl (C=O) groups is 3. The zero-order valence-corrected chi connectivity index (χ0v) is 50.0. The Balaban J connectivity index is 4.57. The van der Waals surface area contributed by atoms with E-state index in [4.69, 9.17) is 14.2 Å². The van der Waals surface area contributed by atoms with Crippen molar-refractivity contribution in [1.29, 1.82) is 0 Å². The summed E-state index contributed by atoms with van der Waals surface area (Å²) in [6.45, 7) is 6.20. The normalized spacial score (nSPS) is 13.5. The van der Waals surface area contributed by atoms with Crippen LogP contribution in [0.2, 0.25) is 0 Å². The maximum absolute atomic E-state index is 12.9. The van der Waals surface area contributed by atoms with E-state index in [-0.39, 0.29) is 44.0 Å². The number of unbranched alkanes of at least 4 members (excludes halogenated alkanes) is 10. The molecule has 0 aromatic carbocycles. The first-order valence-electron chi connectivity index (χ1n) is 30.9. The summed E-state index contributed by atoms with van der Waals surface area (Å²) in [6, 6.07) is 0. The number of allylic oxidation sites excluding steroid dienone is 32. The molecule has 0 heterocycles. The largest absolute Gasteiger partial charge is 0.462 e. The molecule has 0 saturated carbocycles. The molecule has 0 radical (unpaired) electrons. The highest BCUT2D eigenvalue weighted by molar-refractivity contribution is 5.71. The van der Waals surface area contributed by atoms with Crippen LogP contribution in [0.1, 0.15) is 226 Å². The van der Waals surface area contributed by atoms with Crippen molar-refractivity contribution in [3.05, 3.63) is 194 Å². The highest BCUT2D eigenvalue weighted by atomic mass is 16.6. The number of esters is 3. The van der Waals surface area contributed by atoms with Gasteiger partial charge >= 0.3 is 17.9 Å². The molecule has 0 fully saturated rings. The Morgan fingerprint density at radius 1 is 0.253 bits per heavy atom. The van der Waals surface area contributed by atoms with Crippen molar-refractivity contribution in [1.82, 2.24) is 0 Å². The molecule has 0 N–H and O–H groups in total.